The van der Waals surface area contributed by atoms with Gasteiger partial charge in [0.25, 0.3) is 0 Å². The fourth-order valence-corrected chi connectivity index (χ4v) is 0.826. The Morgan fingerprint density at radius 3 is 2.40 bits per heavy atom. The zero-order chi connectivity index (χ0) is 7.61. The summed E-state index contributed by atoms with van der Waals surface area (Å²) in [5.41, 5.74) is 0.914. The van der Waals surface area contributed by atoms with E-state index < -0.39 is 0 Å². The molecule has 0 aliphatic rings. The van der Waals surface area contributed by atoms with E-state index in [1.54, 1.807) is 6.20 Å². The Bertz CT molecular complexity index is 200. The van der Waals surface area contributed by atoms with Crippen molar-refractivity contribution in [1.29, 1.82) is 0 Å². The van der Waals surface area contributed by atoms with Gasteiger partial charge in [0.1, 0.15) is 0 Å². The lowest BCUT2D eigenvalue weighted by atomic mass is 10.1. The van der Waals surface area contributed by atoms with Gasteiger partial charge in [-0.1, -0.05) is 6.07 Å². The third-order valence-corrected chi connectivity index (χ3v) is 1.47. The molecular weight excluding hydrogens is 146 g/mol. The number of rotatable bonds is 1. The zero-order valence-electron chi connectivity index (χ0n) is 6.13. The summed E-state index contributed by atoms with van der Waals surface area (Å²) < 4.78 is 0. The number of aromatic nitrogens is 1. The van der Waals surface area contributed by atoms with Crippen LogP contribution in [-0.2, 0) is 4.87 Å². The Hall–Kier alpha value is -0.560. The van der Waals surface area contributed by atoms with Gasteiger partial charge >= 0.3 is 0 Å². The fraction of sp³-hybridized carbons (Fsp3) is 0.375. The smallest absolute Gasteiger partial charge is 0.0809 e. The molecule has 0 aromatic carbocycles. The number of nitrogens with zero attached hydrogens (tertiary/aromatic N) is 1. The second-order valence-corrected chi connectivity index (χ2v) is 3.63. The summed E-state index contributed by atoms with van der Waals surface area (Å²) in [6.07, 6.45) is 1.75. The molecule has 0 unspecified atom stereocenters. The Morgan fingerprint density at radius 2 is 2.10 bits per heavy atom. The van der Waals surface area contributed by atoms with Crippen molar-refractivity contribution in [1.82, 2.24) is 4.98 Å². The van der Waals surface area contributed by atoms with Crippen LogP contribution in [0.1, 0.15) is 19.5 Å². The minimum Gasteiger partial charge on any atom is -0.259 e. The SMILES string of the molecule is CC(C)(Cl)c1ccccn1. The highest BCUT2D eigenvalue weighted by molar-refractivity contribution is 6.23. The first-order valence-electron chi connectivity index (χ1n) is 3.21. The summed E-state index contributed by atoms with van der Waals surface area (Å²) in [6.45, 7) is 3.85. The summed E-state index contributed by atoms with van der Waals surface area (Å²) in [5.74, 6) is 0. The van der Waals surface area contributed by atoms with Gasteiger partial charge in [-0.3, -0.25) is 4.98 Å². The molecule has 0 atom stereocenters. The second kappa shape index (κ2) is 2.59. The van der Waals surface area contributed by atoms with Crippen molar-refractivity contribution in [2.75, 3.05) is 0 Å². The van der Waals surface area contributed by atoms with Crippen LogP contribution < -0.4 is 0 Å². The third-order valence-electron chi connectivity index (χ3n) is 1.27. The normalized spacial score (nSPS) is 11.5. The van der Waals surface area contributed by atoms with Crippen molar-refractivity contribution in [2.45, 2.75) is 18.7 Å². The van der Waals surface area contributed by atoms with Gasteiger partial charge in [-0.15, -0.1) is 11.6 Å². The van der Waals surface area contributed by atoms with Crippen LogP contribution >= 0.6 is 11.6 Å². The van der Waals surface area contributed by atoms with Gasteiger partial charge in [0.05, 0.1) is 10.6 Å². The van der Waals surface area contributed by atoms with E-state index >= 15 is 0 Å². The third kappa shape index (κ3) is 1.71. The van der Waals surface area contributed by atoms with E-state index in [1.807, 2.05) is 32.0 Å². The molecule has 1 nitrogen and oxygen atoms in total. The molecule has 0 spiro atoms. The van der Waals surface area contributed by atoms with E-state index in [9.17, 15) is 0 Å². The minimum absolute atomic E-state index is 0.346. The van der Waals surface area contributed by atoms with Crippen LogP contribution in [0.2, 0.25) is 0 Å². The standard InChI is InChI=1S/C8H10ClN/c1-8(2,9)7-5-3-4-6-10-7/h3-6H,1-2H3. The summed E-state index contributed by atoms with van der Waals surface area (Å²) in [7, 11) is 0. The molecule has 0 fully saturated rings. The maximum Gasteiger partial charge on any atom is 0.0809 e. The lowest BCUT2D eigenvalue weighted by Crippen LogP contribution is -2.08. The molecule has 10 heavy (non-hydrogen) atoms. The first-order valence-corrected chi connectivity index (χ1v) is 3.59. The molecular formula is C8H10ClN. The Kier molecular flexibility index (Phi) is 1.95. The predicted octanol–water partition coefficient (Wildman–Crippen LogP) is 2.56. The molecule has 0 amide bonds. The lowest BCUT2D eigenvalue weighted by Gasteiger charge is -2.13. The van der Waals surface area contributed by atoms with Crippen LogP contribution in [0.3, 0.4) is 0 Å². The first kappa shape index (κ1) is 7.55. The van der Waals surface area contributed by atoms with Crippen molar-refractivity contribution >= 4 is 11.6 Å². The maximum atomic E-state index is 6.00. The van der Waals surface area contributed by atoms with Crippen molar-refractivity contribution < 1.29 is 0 Å². The van der Waals surface area contributed by atoms with Crippen LogP contribution in [0.4, 0.5) is 0 Å². The van der Waals surface area contributed by atoms with E-state index in [0.29, 0.717) is 0 Å². The first-order chi connectivity index (χ1) is 4.61. The molecule has 0 radical (unpaired) electrons. The zero-order valence-corrected chi connectivity index (χ0v) is 6.89. The number of halogens is 1. The van der Waals surface area contributed by atoms with E-state index in [0.717, 1.165) is 5.69 Å². The molecule has 0 saturated carbocycles. The van der Waals surface area contributed by atoms with E-state index in [2.05, 4.69) is 4.98 Å². The second-order valence-electron chi connectivity index (χ2n) is 2.69. The van der Waals surface area contributed by atoms with Gasteiger partial charge in [0.15, 0.2) is 0 Å². The molecule has 0 bridgehead atoms. The van der Waals surface area contributed by atoms with Crippen LogP contribution in [0.25, 0.3) is 0 Å². The molecule has 1 heterocycles. The average Bonchev–Trinajstić information content (AvgIpc) is 1.88. The molecule has 54 valence electrons. The van der Waals surface area contributed by atoms with E-state index in [4.69, 9.17) is 11.6 Å². The Balaban J connectivity index is 2.97. The van der Waals surface area contributed by atoms with Crippen LogP contribution in [0.15, 0.2) is 24.4 Å². The van der Waals surface area contributed by atoms with E-state index in [-0.39, 0.29) is 4.87 Å². The average molecular weight is 156 g/mol. The van der Waals surface area contributed by atoms with Gasteiger partial charge in [0, 0.05) is 6.20 Å². The van der Waals surface area contributed by atoms with Gasteiger partial charge in [-0.2, -0.15) is 0 Å². The molecule has 0 aliphatic carbocycles. The minimum atomic E-state index is -0.346. The molecule has 0 aliphatic heterocycles. The highest BCUT2D eigenvalue weighted by Gasteiger charge is 2.16. The van der Waals surface area contributed by atoms with Gasteiger partial charge in [-0.25, -0.2) is 0 Å². The van der Waals surface area contributed by atoms with Crippen molar-refractivity contribution in [2.24, 2.45) is 0 Å². The van der Waals surface area contributed by atoms with Crippen molar-refractivity contribution in [3.8, 4) is 0 Å². The largest absolute Gasteiger partial charge is 0.259 e. The molecule has 0 saturated heterocycles. The summed E-state index contributed by atoms with van der Waals surface area (Å²) in [4.78, 5) is 3.77. The lowest BCUT2D eigenvalue weighted by molar-refractivity contribution is 0.732. The van der Waals surface area contributed by atoms with Gasteiger partial charge in [0.2, 0.25) is 0 Å². The Labute approximate surface area is 66.0 Å². The fourth-order valence-electron chi connectivity index (χ4n) is 0.714. The molecule has 1 aromatic heterocycles. The molecule has 2 heteroatoms. The van der Waals surface area contributed by atoms with Crippen molar-refractivity contribution in [3.63, 3.8) is 0 Å². The van der Waals surface area contributed by atoms with Gasteiger partial charge < -0.3 is 0 Å². The van der Waals surface area contributed by atoms with E-state index in [1.165, 1.54) is 0 Å². The summed E-state index contributed by atoms with van der Waals surface area (Å²) in [5, 5.41) is 0. The number of hydrogen-bond donors (Lipinski definition) is 0. The Morgan fingerprint density at radius 1 is 1.40 bits per heavy atom. The van der Waals surface area contributed by atoms with Crippen LogP contribution in [-0.4, -0.2) is 4.98 Å². The van der Waals surface area contributed by atoms with Crippen LogP contribution in [0.5, 0.6) is 0 Å². The van der Waals surface area contributed by atoms with Gasteiger partial charge in [-0.05, 0) is 26.0 Å². The molecule has 1 aromatic rings. The summed E-state index contributed by atoms with van der Waals surface area (Å²) in [6, 6.07) is 5.74. The monoisotopic (exact) mass is 155 g/mol. The predicted molar refractivity (Wildman–Crippen MR) is 43.1 cm³/mol. The topological polar surface area (TPSA) is 12.9 Å². The maximum absolute atomic E-state index is 6.00. The summed E-state index contributed by atoms with van der Waals surface area (Å²) >= 11 is 6.00. The van der Waals surface area contributed by atoms with Crippen LogP contribution in [0, 0.1) is 0 Å². The quantitative estimate of drug-likeness (QED) is 0.568. The number of alkyl halides is 1. The highest BCUT2D eigenvalue weighted by atomic mass is 35.5. The van der Waals surface area contributed by atoms with Crippen molar-refractivity contribution in [3.05, 3.63) is 30.1 Å². The molecule has 0 N–H and O–H groups in total. The molecule has 1 rings (SSSR count). The highest BCUT2D eigenvalue weighted by Crippen LogP contribution is 2.24. The number of hydrogen-bond acceptors (Lipinski definition) is 1. The number of pyridine rings is 1.